The Morgan fingerprint density at radius 3 is 2.95 bits per heavy atom. The number of halogens is 1. The van der Waals surface area contributed by atoms with Crippen molar-refractivity contribution in [1.82, 2.24) is 4.98 Å². The van der Waals surface area contributed by atoms with Crippen molar-refractivity contribution in [2.75, 3.05) is 0 Å². The SMILES string of the molecule is Cc1nc2c(cc(OC3CC(Cl)C3(C)C)c3ccsc32)s1. The molecule has 2 heterocycles. The molecule has 2 aromatic heterocycles. The quantitative estimate of drug-likeness (QED) is 0.567. The van der Waals surface area contributed by atoms with E-state index in [4.69, 9.17) is 16.3 Å². The fourth-order valence-electron chi connectivity index (χ4n) is 2.87. The van der Waals surface area contributed by atoms with Crippen LogP contribution in [0.25, 0.3) is 20.3 Å². The Hall–Kier alpha value is -0.840. The summed E-state index contributed by atoms with van der Waals surface area (Å²) in [6.45, 7) is 6.41. The minimum atomic E-state index is 0.0302. The first-order chi connectivity index (χ1) is 9.96. The van der Waals surface area contributed by atoms with Gasteiger partial charge in [0.15, 0.2) is 0 Å². The van der Waals surface area contributed by atoms with Crippen LogP contribution in [-0.2, 0) is 0 Å². The number of rotatable bonds is 2. The van der Waals surface area contributed by atoms with Gasteiger partial charge < -0.3 is 4.74 Å². The molecule has 0 radical (unpaired) electrons. The minimum absolute atomic E-state index is 0.0302. The van der Waals surface area contributed by atoms with Gasteiger partial charge in [-0.1, -0.05) is 13.8 Å². The maximum absolute atomic E-state index is 6.33. The van der Waals surface area contributed by atoms with Crippen LogP contribution in [0, 0.1) is 12.3 Å². The maximum Gasteiger partial charge on any atom is 0.129 e. The molecule has 1 aromatic carbocycles. The van der Waals surface area contributed by atoms with Crippen molar-refractivity contribution >= 4 is 54.6 Å². The summed E-state index contributed by atoms with van der Waals surface area (Å²) in [6.07, 6.45) is 1.11. The van der Waals surface area contributed by atoms with Crippen molar-refractivity contribution in [1.29, 1.82) is 0 Å². The first-order valence-electron chi connectivity index (χ1n) is 7.05. The van der Waals surface area contributed by atoms with Crippen LogP contribution in [0.3, 0.4) is 0 Å². The van der Waals surface area contributed by atoms with Crippen LogP contribution in [0.1, 0.15) is 25.3 Å². The first kappa shape index (κ1) is 13.8. The third-order valence-corrected chi connectivity index (χ3v) is 7.08. The number of nitrogens with zero attached hydrogens (tertiary/aromatic N) is 1. The highest BCUT2D eigenvalue weighted by Crippen LogP contribution is 2.48. The molecule has 0 N–H and O–H groups in total. The molecule has 0 amide bonds. The summed E-state index contributed by atoms with van der Waals surface area (Å²) >= 11 is 9.77. The number of hydrogen-bond acceptors (Lipinski definition) is 4. The normalized spacial score (nSPS) is 24.4. The van der Waals surface area contributed by atoms with Crippen molar-refractivity contribution in [2.24, 2.45) is 5.41 Å². The zero-order valence-corrected chi connectivity index (χ0v) is 14.5. The average Bonchev–Trinajstić information content (AvgIpc) is 3.03. The lowest BCUT2D eigenvalue weighted by Gasteiger charge is -2.48. The summed E-state index contributed by atoms with van der Waals surface area (Å²) in [5.41, 5.74) is 1.14. The van der Waals surface area contributed by atoms with Gasteiger partial charge in [0, 0.05) is 28.7 Å². The van der Waals surface area contributed by atoms with Gasteiger partial charge in [-0.3, -0.25) is 0 Å². The van der Waals surface area contributed by atoms with E-state index in [0.29, 0.717) is 0 Å². The molecule has 1 aliphatic rings. The highest BCUT2D eigenvalue weighted by Gasteiger charge is 2.49. The Morgan fingerprint density at radius 2 is 2.24 bits per heavy atom. The predicted molar refractivity (Wildman–Crippen MR) is 92.2 cm³/mol. The van der Waals surface area contributed by atoms with Gasteiger partial charge >= 0.3 is 0 Å². The van der Waals surface area contributed by atoms with Crippen molar-refractivity contribution < 1.29 is 4.74 Å². The number of fused-ring (bicyclic) bond motifs is 3. The molecule has 1 saturated carbocycles. The molecule has 0 saturated heterocycles. The molecule has 1 fully saturated rings. The number of alkyl halides is 1. The molecule has 1 aliphatic carbocycles. The predicted octanol–water partition coefficient (Wildman–Crippen LogP) is 5.60. The van der Waals surface area contributed by atoms with Gasteiger partial charge in [0.1, 0.15) is 11.9 Å². The molecule has 0 bridgehead atoms. The Bertz CT molecular complexity index is 835. The highest BCUT2D eigenvalue weighted by molar-refractivity contribution is 7.21. The first-order valence-corrected chi connectivity index (χ1v) is 9.18. The molecular formula is C16H16ClNOS2. The van der Waals surface area contributed by atoms with Gasteiger partial charge in [0.25, 0.3) is 0 Å². The fraction of sp³-hybridized carbons (Fsp3) is 0.438. The van der Waals surface area contributed by atoms with Crippen LogP contribution < -0.4 is 4.74 Å². The van der Waals surface area contributed by atoms with Crippen LogP contribution in [0.4, 0.5) is 0 Å². The molecule has 2 unspecified atom stereocenters. The van der Waals surface area contributed by atoms with Crippen molar-refractivity contribution in [2.45, 2.75) is 38.7 Å². The van der Waals surface area contributed by atoms with Crippen LogP contribution in [0.2, 0.25) is 0 Å². The lowest BCUT2D eigenvalue weighted by Crippen LogP contribution is -2.53. The van der Waals surface area contributed by atoms with Crippen LogP contribution in [0.15, 0.2) is 17.5 Å². The number of aromatic nitrogens is 1. The Labute approximate surface area is 136 Å². The Kier molecular flexibility index (Phi) is 3.01. The number of ether oxygens (including phenoxy) is 1. The van der Waals surface area contributed by atoms with E-state index in [-0.39, 0.29) is 16.9 Å². The minimum Gasteiger partial charge on any atom is -0.489 e. The highest BCUT2D eigenvalue weighted by atomic mass is 35.5. The van der Waals surface area contributed by atoms with E-state index in [1.54, 1.807) is 22.7 Å². The second-order valence-corrected chi connectivity index (χ2v) is 8.93. The van der Waals surface area contributed by atoms with E-state index in [1.165, 1.54) is 14.8 Å². The van der Waals surface area contributed by atoms with Crippen LogP contribution in [0.5, 0.6) is 5.75 Å². The van der Waals surface area contributed by atoms with Gasteiger partial charge in [-0.15, -0.1) is 34.3 Å². The number of thiophene rings is 1. The molecule has 3 aromatic rings. The summed E-state index contributed by atoms with van der Waals surface area (Å²) in [4.78, 5) is 4.66. The fourth-order valence-corrected chi connectivity index (χ4v) is 5.01. The van der Waals surface area contributed by atoms with Crippen LogP contribution >= 0.6 is 34.3 Å². The summed E-state index contributed by atoms with van der Waals surface area (Å²) in [6, 6.07) is 4.28. The number of thiazole rings is 1. The molecule has 110 valence electrons. The third-order valence-electron chi connectivity index (χ3n) is 4.50. The van der Waals surface area contributed by atoms with Crippen LogP contribution in [-0.4, -0.2) is 16.5 Å². The van der Waals surface area contributed by atoms with Gasteiger partial charge in [-0.25, -0.2) is 4.98 Å². The average molecular weight is 338 g/mol. The smallest absolute Gasteiger partial charge is 0.129 e. The summed E-state index contributed by atoms with van der Waals surface area (Å²) in [7, 11) is 0. The van der Waals surface area contributed by atoms with Gasteiger partial charge in [0.2, 0.25) is 0 Å². The zero-order valence-electron chi connectivity index (χ0n) is 12.1. The lowest BCUT2D eigenvalue weighted by molar-refractivity contribution is -0.0119. The molecular weight excluding hydrogens is 322 g/mol. The van der Waals surface area contributed by atoms with Crippen molar-refractivity contribution in [3.05, 3.63) is 22.5 Å². The Balaban J connectivity index is 1.82. The van der Waals surface area contributed by atoms with E-state index >= 15 is 0 Å². The van der Waals surface area contributed by atoms with E-state index < -0.39 is 0 Å². The van der Waals surface area contributed by atoms with E-state index in [2.05, 4.69) is 43.3 Å². The zero-order chi connectivity index (χ0) is 14.8. The topological polar surface area (TPSA) is 22.1 Å². The molecule has 21 heavy (non-hydrogen) atoms. The van der Waals surface area contributed by atoms with E-state index in [0.717, 1.165) is 22.7 Å². The van der Waals surface area contributed by atoms with Crippen molar-refractivity contribution in [3.63, 3.8) is 0 Å². The number of hydrogen-bond donors (Lipinski definition) is 0. The standard InChI is InChI=1S/C16H16ClNOS2/c1-8-18-14-11(21-8)6-10(9-4-5-20-15(9)14)19-13-7-12(17)16(13,2)3/h4-6,12-13H,7H2,1-3H3. The Morgan fingerprint density at radius 1 is 1.43 bits per heavy atom. The van der Waals surface area contributed by atoms with Gasteiger partial charge in [0.05, 0.1) is 19.9 Å². The maximum atomic E-state index is 6.33. The molecule has 5 heteroatoms. The molecule has 2 atom stereocenters. The van der Waals surface area contributed by atoms with Gasteiger partial charge in [-0.05, 0) is 18.4 Å². The third kappa shape index (κ3) is 2.00. The largest absolute Gasteiger partial charge is 0.489 e. The summed E-state index contributed by atoms with van der Waals surface area (Å²) in [5.74, 6) is 0.976. The van der Waals surface area contributed by atoms with Crippen molar-refractivity contribution in [3.8, 4) is 5.75 Å². The van der Waals surface area contributed by atoms with E-state index in [1.807, 2.05) is 0 Å². The van der Waals surface area contributed by atoms with Gasteiger partial charge in [-0.2, -0.15) is 0 Å². The second kappa shape index (κ2) is 4.58. The summed E-state index contributed by atoms with van der Waals surface area (Å²) < 4.78 is 8.76. The molecule has 2 nitrogen and oxygen atoms in total. The monoisotopic (exact) mass is 337 g/mol. The number of benzene rings is 1. The number of aryl methyl sites for hydroxylation is 1. The molecule has 0 spiro atoms. The summed E-state index contributed by atoms with van der Waals surface area (Å²) in [5, 5.41) is 4.59. The molecule has 4 rings (SSSR count). The van der Waals surface area contributed by atoms with E-state index in [9.17, 15) is 0 Å². The molecule has 0 aliphatic heterocycles. The second-order valence-electron chi connectivity index (χ2n) is 6.25. The lowest BCUT2D eigenvalue weighted by atomic mass is 9.68.